The number of rotatable bonds is 11. The van der Waals surface area contributed by atoms with Crippen LogP contribution in [0, 0.1) is 5.92 Å². The number of carbonyl (C=O) groups excluding carboxylic acids is 2. The van der Waals surface area contributed by atoms with Gasteiger partial charge in [-0.1, -0.05) is 18.6 Å². The van der Waals surface area contributed by atoms with Gasteiger partial charge in [-0.3, -0.25) is 9.59 Å². The van der Waals surface area contributed by atoms with Gasteiger partial charge in [-0.05, 0) is 43.2 Å². The maximum Gasteiger partial charge on any atom is 0.262 e. The van der Waals surface area contributed by atoms with Crippen LogP contribution in [0.4, 0.5) is 0 Å². The highest BCUT2D eigenvalue weighted by Gasteiger charge is 2.37. The number of hydrazone groups is 1. The van der Waals surface area contributed by atoms with Crippen LogP contribution in [0.25, 0.3) is 0 Å². The lowest BCUT2D eigenvalue weighted by Gasteiger charge is -2.32. The fourth-order valence-electron chi connectivity index (χ4n) is 4.68. The molecule has 2 aliphatic rings. The number of amides is 2. The van der Waals surface area contributed by atoms with Crippen LogP contribution >= 0.6 is 0 Å². The summed E-state index contributed by atoms with van der Waals surface area (Å²) in [6, 6.07) is 12.7. The number of methoxy groups -OCH3 is 4. The van der Waals surface area contributed by atoms with Crippen LogP contribution in [0.2, 0.25) is 0 Å². The van der Waals surface area contributed by atoms with Gasteiger partial charge in [0.1, 0.15) is 23.8 Å². The Morgan fingerprint density at radius 2 is 1.76 bits per heavy atom. The van der Waals surface area contributed by atoms with Gasteiger partial charge in [0.05, 0.1) is 39.7 Å². The molecule has 0 aromatic heterocycles. The molecule has 1 heterocycles. The summed E-state index contributed by atoms with van der Waals surface area (Å²) in [7, 11) is 6.40. The number of benzene rings is 2. The molecule has 1 fully saturated rings. The van der Waals surface area contributed by atoms with Crippen molar-refractivity contribution in [3.63, 3.8) is 0 Å². The monoisotopic (exact) mass is 509 g/mol. The van der Waals surface area contributed by atoms with Crippen LogP contribution in [0.15, 0.2) is 47.6 Å². The second-order valence-corrected chi connectivity index (χ2v) is 9.23. The summed E-state index contributed by atoms with van der Waals surface area (Å²) in [5.41, 5.74) is 2.39. The Kier molecular flexibility index (Phi) is 8.66. The second kappa shape index (κ2) is 12.1. The summed E-state index contributed by atoms with van der Waals surface area (Å²) in [5.74, 6) is 1.71. The van der Waals surface area contributed by atoms with Crippen LogP contribution in [0.5, 0.6) is 17.2 Å². The number of hydrogen-bond donors (Lipinski definition) is 0. The van der Waals surface area contributed by atoms with E-state index in [9.17, 15) is 9.59 Å². The Balaban J connectivity index is 1.68. The average Bonchev–Trinajstić information content (AvgIpc) is 3.35. The van der Waals surface area contributed by atoms with Crippen molar-refractivity contribution in [2.45, 2.75) is 31.7 Å². The summed E-state index contributed by atoms with van der Waals surface area (Å²) >= 11 is 0. The van der Waals surface area contributed by atoms with E-state index in [0.29, 0.717) is 36.8 Å². The van der Waals surface area contributed by atoms with E-state index in [0.717, 1.165) is 36.1 Å². The molecule has 9 nitrogen and oxygen atoms in total. The van der Waals surface area contributed by atoms with Crippen LogP contribution in [-0.4, -0.2) is 75.6 Å². The molecule has 0 bridgehead atoms. The summed E-state index contributed by atoms with van der Waals surface area (Å²) in [5, 5.41) is 6.26. The Morgan fingerprint density at radius 1 is 1.00 bits per heavy atom. The third-order valence-corrected chi connectivity index (χ3v) is 7.02. The van der Waals surface area contributed by atoms with E-state index in [2.05, 4.69) is 0 Å². The topological polar surface area (TPSA) is 89.9 Å². The predicted molar refractivity (Wildman–Crippen MR) is 139 cm³/mol. The SMILES string of the molecule is COCCN(CC(=O)N1N=C(c2cccc(OC)c2)CC1c1cc(OC)ccc1OC)C(=O)C1CCC1. The molecule has 1 aliphatic heterocycles. The van der Waals surface area contributed by atoms with Gasteiger partial charge in [0.2, 0.25) is 5.91 Å². The third kappa shape index (κ3) is 5.88. The highest BCUT2D eigenvalue weighted by molar-refractivity contribution is 6.03. The van der Waals surface area contributed by atoms with Gasteiger partial charge in [-0.2, -0.15) is 5.10 Å². The molecular weight excluding hydrogens is 474 g/mol. The zero-order valence-corrected chi connectivity index (χ0v) is 21.9. The van der Waals surface area contributed by atoms with Crippen molar-refractivity contribution in [1.82, 2.24) is 9.91 Å². The highest BCUT2D eigenvalue weighted by Crippen LogP contribution is 2.39. The maximum atomic E-state index is 13.8. The van der Waals surface area contributed by atoms with Crippen molar-refractivity contribution in [1.29, 1.82) is 0 Å². The quantitative estimate of drug-likeness (QED) is 0.459. The van der Waals surface area contributed by atoms with Gasteiger partial charge in [-0.25, -0.2) is 5.01 Å². The van der Waals surface area contributed by atoms with E-state index < -0.39 is 6.04 Å². The average molecular weight is 510 g/mol. The molecule has 2 aromatic carbocycles. The summed E-state index contributed by atoms with van der Waals surface area (Å²) in [6.45, 7) is 0.637. The molecular formula is C28H35N3O6. The van der Waals surface area contributed by atoms with E-state index >= 15 is 0 Å². The van der Waals surface area contributed by atoms with Crippen molar-refractivity contribution in [2.75, 3.05) is 48.1 Å². The van der Waals surface area contributed by atoms with Crippen molar-refractivity contribution in [3.8, 4) is 17.2 Å². The Hall–Kier alpha value is -3.59. The van der Waals surface area contributed by atoms with Gasteiger partial charge >= 0.3 is 0 Å². The van der Waals surface area contributed by atoms with Crippen LogP contribution < -0.4 is 14.2 Å². The lowest BCUT2D eigenvalue weighted by Crippen LogP contribution is -2.46. The molecule has 2 aromatic rings. The minimum atomic E-state index is -0.429. The molecule has 0 N–H and O–H groups in total. The van der Waals surface area contributed by atoms with E-state index in [4.69, 9.17) is 24.0 Å². The van der Waals surface area contributed by atoms with E-state index in [1.165, 1.54) is 5.01 Å². The van der Waals surface area contributed by atoms with E-state index in [1.807, 2.05) is 42.5 Å². The molecule has 9 heteroatoms. The molecule has 0 spiro atoms. The van der Waals surface area contributed by atoms with Gasteiger partial charge in [0.15, 0.2) is 0 Å². The predicted octanol–water partition coefficient (Wildman–Crippen LogP) is 3.67. The molecule has 0 saturated heterocycles. The van der Waals surface area contributed by atoms with Gasteiger partial charge < -0.3 is 23.8 Å². The summed E-state index contributed by atoms with van der Waals surface area (Å²) in [4.78, 5) is 28.5. The number of ether oxygens (including phenoxy) is 4. The molecule has 1 unspecified atom stereocenters. The highest BCUT2D eigenvalue weighted by atomic mass is 16.5. The summed E-state index contributed by atoms with van der Waals surface area (Å²) < 4.78 is 21.7. The molecule has 198 valence electrons. The zero-order chi connectivity index (χ0) is 26.4. The lowest BCUT2D eigenvalue weighted by molar-refractivity contribution is -0.146. The van der Waals surface area contributed by atoms with Crippen molar-refractivity contribution in [2.24, 2.45) is 11.0 Å². The third-order valence-electron chi connectivity index (χ3n) is 7.02. The first-order valence-corrected chi connectivity index (χ1v) is 12.5. The zero-order valence-electron chi connectivity index (χ0n) is 21.9. The first-order valence-electron chi connectivity index (χ1n) is 12.5. The first-order chi connectivity index (χ1) is 18.0. The maximum absolute atomic E-state index is 13.8. The molecule has 1 atom stereocenters. The minimum Gasteiger partial charge on any atom is -0.497 e. The second-order valence-electron chi connectivity index (χ2n) is 9.23. The van der Waals surface area contributed by atoms with E-state index in [-0.39, 0.29) is 24.3 Å². The van der Waals surface area contributed by atoms with Gasteiger partial charge in [0.25, 0.3) is 5.91 Å². The Morgan fingerprint density at radius 3 is 2.41 bits per heavy atom. The number of carbonyl (C=O) groups is 2. The number of nitrogens with zero attached hydrogens (tertiary/aromatic N) is 3. The van der Waals surface area contributed by atoms with E-state index in [1.54, 1.807) is 33.3 Å². The lowest BCUT2D eigenvalue weighted by atomic mass is 9.84. The van der Waals surface area contributed by atoms with Gasteiger partial charge in [-0.15, -0.1) is 0 Å². The molecule has 1 aliphatic carbocycles. The van der Waals surface area contributed by atoms with Crippen LogP contribution in [0.1, 0.15) is 42.9 Å². The first kappa shape index (κ1) is 26.5. The van der Waals surface area contributed by atoms with Crippen LogP contribution in [0.3, 0.4) is 0 Å². The van der Waals surface area contributed by atoms with Gasteiger partial charge in [0, 0.05) is 37.1 Å². The minimum absolute atomic E-state index is 0.00311. The molecule has 37 heavy (non-hydrogen) atoms. The molecule has 2 amide bonds. The standard InChI is InChI=1S/C28H35N3O6/c1-34-14-13-30(28(33)19-7-5-8-19)18-27(32)31-25(23-16-22(36-3)11-12-26(23)37-4)17-24(29-31)20-9-6-10-21(15-20)35-2/h6,9-12,15-16,19,25H,5,7-8,13-14,17-18H2,1-4H3. The van der Waals surface area contributed by atoms with Crippen molar-refractivity contribution < 1.29 is 28.5 Å². The number of hydrogen-bond acceptors (Lipinski definition) is 7. The molecule has 0 radical (unpaired) electrons. The fourth-order valence-corrected chi connectivity index (χ4v) is 4.68. The largest absolute Gasteiger partial charge is 0.497 e. The van der Waals surface area contributed by atoms with Crippen LogP contribution in [-0.2, 0) is 14.3 Å². The normalized spacial score (nSPS) is 17.1. The Labute approximate surface area is 217 Å². The Bertz CT molecular complexity index is 1150. The van der Waals surface area contributed by atoms with Crippen molar-refractivity contribution in [3.05, 3.63) is 53.6 Å². The molecule has 1 saturated carbocycles. The van der Waals surface area contributed by atoms with Crippen molar-refractivity contribution >= 4 is 17.5 Å². The smallest absolute Gasteiger partial charge is 0.262 e. The fraction of sp³-hybridized carbons (Fsp3) is 0.464. The molecule has 4 rings (SSSR count). The summed E-state index contributed by atoms with van der Waals surface area (Å²) in [6.07, 6.45) is 3.24.